The van der Waals surface area contributed by atoms with Gasteiger partial charge in [0.05, 0.1) is 4.90 Å². The number of benzene rings is 2. The molecule has 154 valence electrons. The van der Waals surface area contributed by atoms with Crippen LogP contribution < -0.4 is 5.32 Å². The molecule has 2 N–H and O–H groups in total. The highest BCUT2D eigenvalue weighted by atomic mass is 32.2. The number of nitrogens with zero attached hydrogens (tertiary/aromatic N) is 1. The van der Waals surface area contributed by atoms with E-state index in [1.165, 1.54) is 28.6 Å². The molecular formula is C21H24N2O5S. The number of sulfonamides is 1. The molecule has 0 unspecified atom stereocenters. The van der Waals surface area contributed by atoms with Crippen molar-refractivity contribution in [3.8, 4) is 0 Å². The van der Waals surface area contributed by atoms with Crippen molar-refractivity contribution in [2.24, 2.45) is 0 Å². The van der Waals surface area contributed by atoms with Crippen LogP contribution in [0, 0.1) is 0 Å². The van der Waals surface area contributed by atoms with Crippen LogP contribution in [0.5, 0.6) is 0 Å². The van der Waals surface area contributed by atoms with Gasteiger partial charge in [0.1, 0.15) is 6.04 Å². The zero-order valence-corrected chi connectivity index (χ0v) is 16.8. The average Bonchev–Trinajstić information content (AvgIpc) is 2.74. The van der Waals surface area contributed by atoms with Gasteiger partial charge in [-0.3, -0.25) is 4.79 Å². The Bertz CT molecular complexity index is 952. The molecular weight excluding hydrogens is 392 g/mol. The van der Waals surface area contributed by atoms with Crippen LogP contribution in [-0.4, -0.2) is 48.8 Å². The van der Waals surface area contributed by atoms with E-state index in [1.807, 2.05) is 6.07 Å². The maximum absolute atomic E-state index is 12.7. The van der Waals surface area contributed by atoms with E-state index in [0.717, 1.165) is 24.8 Å². The van der Waals surface area contributed by atoms with E-state index >= 15 is 0 Å². The normalized spacial score (nSPS) is 16.1. The Hall–Kier alpha value is -2.71. The van der Waals surface area contributed by atoms with Crippen LogP contribution in [0.25, 0.3) is 0 Å². The fraction of sp³-hybridized carbons (Fsp3) is 0.333. The van der Waals surface area contributed by atoms with Gasteiger partial charge in [-0.15, -0.1) is 0 Å². The summed E-state index contributed by atoms with van der Waals surface area (Å²) in [5.74, 6) is -1.69. The Balaban J connectivity index is 1.69. The molecule has 1 fully saturated rings. The minimum atomic E-state index is -3.57. The number of carbonyl (C=O) groups is 2. The van der Waals surface area contributed by atoms with Gasteiger partial charge in [0.2, 0.25) is 10.0 Å². The summed E-state index contributed by atoms with van der Waals surface area (Å²) < 4.78 is 26.8. The van der Waals surface area contributed by atoms with Crippen LogP contribution in [0.1, 0.15) is 35.2 Å². The second-order valence-electron chi connectivity index (χ2n) is 7.04. The zero-order valence-electron chi connectivity index (χ0n) is 16.0. The van der Waals surface area contributed by atoms with Gasteiger partial charge in [-0.1, -0.05) is 36.8 Å². The number of hydrogen-bond acceptors (Lipinski definition) is 4. The van der Waals surface area contributed by atoms with Crippen LogP contribution in [0.2, 0.25) is 0 Å². The summed E-state index contributed by atoms with van der Waals surface area (Å²) in [6, 6.07) is 13.6. The van der Waals surface area contributed by atoms with Crippen LogP contribution in [0.4, 0.5) is 0 Å². The van der Waals surface area contributed by atoms with Crippen molar-refractivity contribution in [1.29, 1.82) is 0 Å². The fourth-order valence-corrected chi connectivity index (χ4v) is 4.84. The highest BCUT2D eigenvalue weighted by Gasteiger charge is 2.26. The first-order valence-corrected chi connectivity index (χ1v) is 11.0. The van der Waals surface area contributed by atoms with Crippen molar-refractivity contribution in [3.63, 3.8) is 0 Å². The van der Waals surface area contributed by atoms with Crippen molar-refractivity contribution in [2.75, 3.05) is 13.1 Å². The Morgan fingerprint density at radius 1 is 0.966 bits per heavy atom. The van der Waals surface area contributed by atoms with Crippen LogP contribution in [0.3, 0.4) is 0 Å². The number of amides is 1. The third-order valence-electron chi connectivity index (χ3n) is 4.96. The number of rotatable bonds is 7. The van der Waals surface area contributed by atoms with Gasteiger partial charge in [0.25, 0.3) is 5.91 Å². The summed E-state index contributed by atoms with van der Waals surface area (Å²) >= 11 is 0. The second kappa shape index (κ2) is 9.19. The fourth-order valence-electron chi connectivity index (χ4n) is 3.32. The van der Waals surface area contributed by atoms with E-state index in [-0.39, 0.29) is 16.9 Å². The molecule has 2 aromatic rings. The zero-order chi connectivity index (χ0) is 20.9. The molecule has 0 saturated carbocycles. The third kappa shape index (κ3) is 5.21. The molecule has 8 heteroatoms. The van der Waals surface area contributed by atoms with Crippen LogP contribution in [-0.2, 0) is 21.2 Å². The summed E-state index contributed by atoms with van der Waals surface area (Å²) in [4.78, 5) is 24.1. The average molecular weight is 416 g/mol. The molecule has 0 aromatic heterocycles. The molecule has 1 atom stereocenters. The summed E-state index contributed by atoms with van der Waals surface area (Å²) in [5, 5.41) is 11.9. The van der Waals surface area contributed by atoms with Gasteiger partial charge in [-0.25, -0.2) is 13.2 Å². The Labute approximate surface area is 170 Å². The first-order valence-electron chi connectivity index (χ1n) is 9.56. The molecule has 1 saturated heterocycles. The van der Waals surface area contributed by atoms with E-state index in [9.17, 15) is 23.1 Å². The minimum absolute atomic E-state index is 0.134. The highest BCUT2D eigenvalue weighted by molar-refractivity contribution is 7.89. The molecule has 7 nitrogen and oxygen atoms in total. The summed E-state index contributed by atoms with van der Waals surface area (Å²) in [7, 11) is -3.57. The third-order valence-corrected chi connectivity index (χ3v) is 6.87. The van der Waals surface area contributed by atoms with Gasteiger partial charge in [0, 0.05) is 25.1 Å². The van der Waals surface area contributed by atoms with Crippen molar-refractivity contribution in [1.82, 2.24) is 9.62 Å². The van der Waals surface area contributed by atoms with Crippen LogP contribution in [0.15, 0.2) is 59.5 Å². The van der Waals surface area contributed by atoms with Crippen molar-refractivity contribution < 1.29 is 23.1 Å². The lowest BCUT2D eigenvalue weighted by molar-refractivity contribution is -0.139. The molecule has 0 bridgehead atoms. The van der Waals surface area contributed by atoms with Gasteiger partial charge >= 0.3 is 5.97 Å². The molecule has 0 aliphatic carbocycles. The van der Waals surface area contributed by atoms with Crippen LogP contribution >= 0.6 is 0 Å². The largest absolute Gasteiger partial charge is 0.480 e. The first kappa shape index (κ1) is 21.0. The van der Waals surface area contributed by atoms with E-state index < -0.39 is 27.9 Å². The van der Waals surface area contributed by atoms with Crippen molar-refractivity contribution in [2.45, 2.75) is 36.6 Å². The van der Waals surface area contributed by atoms with Gasteiger partial charge < -0.3 is 10.4 Å². The van der Waals surface area contributed by atoms with Gasteiger partial charge in [0.15, 0.2) is 0 Å². The topological polar surface area (TPSA) is 104 Å². The lowest BCUT2D eigenvalue weighted by atomic mass is 10.1. The molecule has 1 heterocycles. The maximum Gasteiger partial charge on any atom is 0.326 e. The van der Waals surface area contributed by atoms with Gasteiger partial charge in [-0.2, -0.15) is 4.31 Å². The predicted octanol–water partition coefficient (Wildman–Crippen LogP) is 2.29. The molecule has 29 heavy (non-hydrogen) atoms. The standard InChI is InChI=1S/C21H24N2O5S/c24-20(22-19(21(25)26)15-16-7-3-1-4-8-16)17-9-11-18(12-10-17)29(27,28)23-13-5-2-6-14-23/h1,3-4,7-12,19H,2,5-6,13-15H2,(H,22,24)(H,25,26)/t19-/m1/s1. The highest BCUT2D eigenvalue weighted by Crippen LogP contribution is 2.21. The summed E-state index contributed by atoms with van der Waals surface area (Å²) in [5.41, 5.74) is 1.00. The first-order chi connectivity index (χ1) is 13.9. The molecule has 1 aliphatic heterocycles. The maximum atomic E-state index is 12.7. The number of hydrogen-bond donors (Lipinski definition) is 2. The molecule has 2 aromatic carbocycles. The molecule has 1 amide bonds. The molecule has 0 radical (unpaired) electrons. The number of carboxylic acid groups (broad SMARTS) is 1. The smallest absolute Gasteiger partial charge is 0.326 e. The molecule has 3 rings (SSSR count). The molecule has 0 spiro atoms. The Kier molecular flexibility index (Phi) is 6.66. The van der Waals surface area contributed by atoms with Crippen molar-refractivity contribution in [3.05, 3.63) is 65.7 Å². The van der Waals surface area contributed by atoms with E-state index in [4.69, 9.17) is 0 Å². The molecule has 1 aliphatic rings. The van der Waals surface area contributed by atoms with E-state index in [2.05, 4.69) is 5.32 Å². The summed E-state index contributed by atoms with van der Waals surface area (Å²) in [6.07, 6.45) is 2.87. The van der Waals surface area contributed by atoms with Crippen molar-refractivity contribution >= 4 is 21.9 Å². The second-order valence-corrected chi connectivity index (χ2v) is 8.98. The minimum Gasteiger partial charge on any atom is -0.480 e. The lowest BCUT2D eigenvalue weighted by Crippen LogP contribution is -2.42. The van der Waals surface area contributed by atoms with E-state index in [1.54, 1.807) is 24.3 Å². The predicted molar refractivity (Wildman–Crippen MR) is 108 cm³/mol. The van der Waals surface area contributed by atoms with E-state index in [0.29, 0.717) is 13.1 Å². The number of nitrogens with one attached hydrogen (secondary N) is 1. The number of piperidine rings is 1. The monoisotopic (exact) mass is 416 g/mol. The number of carboxylic acids is 1. The quantitative estimate of drug-likeness (QED) is 0.721. The Morgan fingerprint density at radius 3 is 2.17 bits per heavy atom. The van der Waals surface area contributed by atoms with Gasteiger partial charge in [-0.05, 0) is 42.7 Å². The SMILES string of the molecule is O=C(N[C@H](Cc1ccccc1)C(=O)O)c1ccc(S(=O)(=O)N2CCCCC2)cc1. The lowest BCUT2D eigenvalue weighted by Gasteiger charge is -2.25. The number of carbonyl (C=O) groups excluding carboxylic acids is 1. The number of aliphatic carboxylic acids is 1. The summed E-state index contributed by atoms with van der Waals surface area (Å²) in [6.45, 7) is 1.01. The Morgan fingerprint density at radius 2 is 1.59 bits per heavy atom.